The Morgan fingerprint density at radius 3 is 3.14 bits per heavy atom. The lowest BCUT2D eigenvalue weighted by Crippen LogP contribution is -2.39. The van der Waals surface area contributed by atoms with Crippen LogP contribution >= 0.6 is 22.9 Å². The fraction of sp³-hybridized carbons (Fsp3) is 0.533. The average molecular weight is 340 g/mol. The molecule has 1 amide bonds. The minimum Gasteiger partial charge on any atom is -0.342 e. The molecule has 0 aliphatic carbocycles. The molecule has 0 N–H and O–H groups in total. The molecule has 7 heteroatoms. The number of halogens is 1. The number of amides is 1. The van der Waals surface area contributed by atoms with Crippen LogP contribution in [0.15, 0.2) is 16.0 Å². The predicted molar refractivity (Wildman–Crippen MR) is 85.2 cm³/mol. The highest BCUT2D eigenvalue weighted by Gasteiger charge is 2.28. The number of piperidine rings is 1. The minimum absolute atomic E-state index is 0.162. The summed E-state index contributed by atoms with van der Waals surface area (Å²) in [4.78, 5) is 19.8. The molecular formula is C15H18ClN3O2S. The number of likely N-dealkylation sites (tertiary alicyclic amines) is 1. The van der Waals surface area contributed by atoms with Gasteiger partial charge in [0.25, 0.3) is 0 Å². The number of hydrogen-bond donors (Lipinski definition) is 0. The number of thiophene rings is 1. The van der Waals surface area contributed by atoms with E-state index in [1.165, 1.54) is 0 Å². The van der Waals surface area contributed by atoms with Gasteiger partial charge >= 0.3 is 0 Å². The summed E-state index contributed by atoms with van der Waals surface area (Å²) in [6, 6.07) is 1.93. The maximum atomic E-state index is 12.4. The molecule has 0 saturated carbocycles. The second kappa shape index (κ2) is 6.79. The van der Waals surface area contributed by atoms with E-state index >= 15 is 0 Å². The third kappa shape index (κ3) is 3.67. The smallest absolute Gasteiger partial charge is 0.231 e. The van der Waals surface area contributed by atoms with Gasteiger partial charge in [0.15, 0.2) is 5.82 Å². The molecule has 3 rings (SSSR count). The fourth-order valence-corrected chi connectivity index (χ4v) is 3.83. The van der Waals surface area contributed by atoms with Crippen LogP contribution in [-0.2, 0) is 11.2 Å². The summed E-state index contributed by atoms with van der Waals surface area (Å²) in [7, 11) is 0. The van der Waals surface area contributed by atoms with Crippen molar-refractivity contribution < 1.29 is 9.32 Å². The number of carbonyl (C=O) groups is 1. The molecule has 5 nitrogen and oxygen atoms in total. The van der Waals surface area contributed by atoms with Crippen LogP contribution in [-0.4, -0.2) is 34.0 Å². The zero-order valence-corrected chi connectivity index (χ0v) is 14.0. The molecule has 1 aliphatic rings. The second-order valence-corrected chi connectivity index (χ2v) is 7.02. The molecule has 0 spiro atoms. The lowest BCUT2D eigenvalue weighted by Gasteiger charge is -2.31. The Hall–Kier alpha value is -1.40. The Labute approximate surface area is 138 Å². The standard InChI is InChI=1S/C15H18ClN3O2S/c1-10-17-15(21-18-10)11-3-2-6-19(8-11)14(20)5-4-13-7-12(16)9-22-13/h7,9,11H,2-6,8H2,1H3/t11-/m1/s1. The average Bonchev–Trinajstić information content (AvgIpc) is 3.13. The van der Waals surface area contributed by atoms with Crippen molar-refractivity contribution in [1.82, 2.24) is 15.0 Å². The topological polar surface area (TPSA) is 59.2 Å². The summed E-state index contributed by atoms with van der Waals surface area (Å²) < 4.78 is 5.25. The third-order valence-electron chi connectivity index (χ3n) is 3.87. The van der Waals surface area contributed by atoms with E-state index in [-0.39, 0.29) is 11.8 Å². The summed E-state index contributed by atoms with van der Waals surface area (Å²) in [5, 5.41) is 6.49. The summed E-state index contributed by atoms with van der Waals surface area (Å²) in [6.07, 6.45) is 3.23. The zero-order chi connectivity index (χ0) is 15.5. The summed E-state index contributed by atoms with van der Waals surface area (Å²) in [5.74, 6) is 1.65. The molecule has 0 radical (unpaired) electrons. The highest BCUT2D eigenvalue weighted by atomic mass is 35.5. The van der Waals surface area contributed by atoms with Crippen molar-refractivity contribution >= 4 is 28.8 Å². The summed E-state index contributed by atoms with van der Waals surface area (Å²) in [6.45, 7) is 3.30. The van der Waals surface area contributed by atoms with Gasteiger partial charge in [-0.15, -0.1) is 11.3 Å². The normalized spacial score (nSPS) is 18.6. The molecule has 1 aliphatic heterocycles. The highest BCUT2D eigenvalue weighted by Crippen LogP contribution is 2.26. The molecule has 1 atom stereocenters. The maximum absolute atomic E-state index is 12.4. The van der Waals surface area contributed by atoms with Crippen molar-refractivity contribution in [2.24, 2.45) is 0 Å². The van der Waals surface area contributed by atoms with E-state index in [9.17, 15) is 4.79 Å². The van der Waals surface area contributed by atoms with E-state index in [2.05, 4.69) is 10.1 Å². The lowest BCUT2D eigenvalue weighted by atomic mass is 9.97. The predicted octanol–water partition coefficient (Wildman–Crippen LogP) is 3.43. The SMILES string of the molecule is Cc1noc([C@@H]2CCCN(C(=O)CCc3cc(Cl)cs3)C2)n1. The Balaban J connectivity index is 1.55. The molecule has 2 aromatic heterocycles. The number of aromatic nitrogens is 2. The van der Waals surface area contributed by atoms with E-state index in [4.69, 9.17) is 16.1 Å². The van der Waals surface area contributed by atoms with Crippen LogP contribution in [0.3, 0.4) is 0 Å². The van der Waals surface area contributed by atoms with E-state index in [1.807, 2.05) is 23.3 Å². The minimum atomic E-state index is 0.162. The Kier molecular flexibility index (Phi) is 4.78. The number of hydrogen-bond acceptors (Lipinski definition) is 5. The highest BCUT2D eigenvalue weighted by molar-refractivity contribution is 7.10. The van der Waals surface area contributed by atoms with Crippen LogP contribution in [0.25, 0.3) is 0 Å². The van der Waals surface area contributed by atoms with Gasteiger partial charge in [-0.25, -0.2) is 0 Å². The molecule has 0 bridgehead atoms. The first-order chi connectivity index (χ1) is 10.6. The first-order valence-electron chi connectivity index (χ1n) is 7.42. The third-order valence-corrected chi connectivity index (χ3v) is 5.22. The van der Waals surface area contributed by atoms with Crippen molar-refractivity contribution in [3.8, 4) is 0 Å². The fourth-order valence-electron chi connectivity index (χ4n) is 2.76. The van der Waals surface area contributed by atoms with E-state index < -0.39 is 0 Å². The van der Waals surface area contributed by atoms with Gasteiger partial charge in [0.1, 0.15) is 0 Å². The first-order valence-corrected chi connectivity index (χ1v) is 8.68. The van der Waals surface area contributed by atoms with Gasteiger partial charge in [-0.2, -0.15) is 4.98 Å². The van der Waals surface area contributed by atoms with Crippen molar-refractivity contribution in [3.05, 3.63) is 33.1 Å². The van der Waals surface area contributed by atoms with Crippen LogP contribution < -0.4 is 0 Å². The molecule has 118 valence electrons. The van der Waals surface area contributed by atoms with Gasteiger partial charge in [-0.1, -0.05) is 16.8 Å². The monoisotopic (exact) mass is 339 g/mol. The van der Waals surface area contributed by atoms with E-state index in [1.54, 1.807) is 11.3 Å². The van der Waals surface area contributed by atoms with Gasteiger partial charge < -0.3 is 9.42 Å². The van der Waals surface area contributed by atoms with E-state index in [0.29, 0.717) is 24.7 Å². The number of nitrogens with zero attached hydrogens (tertiary/aromatic N) is 3. The molecule has 1 saturated heterocycles. The molecule has 0 unspecified atom stereocenters. The van der Waals surface area contributed by atoms with E-state index in [0.717, 1.165) is 35.7 Å². The van der Waals surface area contributed by atoms with Crippen LogP contribution in [0.2, 0.25) is 5.02 Å². The number of carbonyl (C=O) groups excluding carboxylic acids is 1. The zero-order valence-electron chi connectivity index (χ0n) is 12.4. The van der Waals surface area contributed by atoms with Crippen molar-refractivity contribution in [2.75, 3.05) is 13.1 Å². The number of aryl methyl sites for hydroxylation is 2. The summed E-state index contributed by atoms with van der Waals surface area (Å²) >= 11 is 7.51. The Bertz CT molecular complexity index is 655. The maximum Gasteiger partial charge on any atom is 0.231 e. The quantitative estimate of drug-likeness (QED) is 0.856. The lowest BCUT2D eigenvalue weighted by molar-refractivity contribution is -0.132. The van der Waals surface area contributed by atoms with Crippen molar-refractivity contribution in [3.63, 3.8) is 0 Å². The Morgan fingerprint density at radius 2 is 2.45 bits per heavy atom. The van der Waals surface area contributed by atoms with Crippen molar-refractivity contribution in [1.29, 1.82) is 0 Å². The van der Waals surface area contributed by atoms with Gasteiger partial charge in [-0.3, -0.25) is 4.79 Å². The largest absolute Gasteiger partial charge is 0.342 e. The second-order valence-electron chi connectivity index (χ2n) is 5.59. The summed E-state index contributed by atoms with van der Waals surface area (Å²) in [5.41, 5.74) is 0. The van der Waals surface area contributed by atoms with Crippen LogP contribution in [0.5, 0.6) is 0 Å². The number of rotatable bonds is 4. The molecule has 1 fully saturated rings. The van der Waals surface area contributed by atoms with Crippen molar-refractivity contribution in [2.45, 2.75) is 38.5 Å². The molecular weight excluding hydrogens is 322 g/mol. The molecule has 2 aromatic rings. The van der Waals surface area contributed by atoms with Gasteiger partial charge in [0.2, 0.25) is 11.8 Å². The molecule has 0 aromatic carbocycles. The van der Waals surface area contributed by atoms with Crippen LogP contribution in [0.1, 0.15) is 41.8 Å². The van der Waals surface area contributed by atoms with Gasteiger partial charge in [-0.05, 0) is 32.3 Å². The van der Waals surface area contributed by atoms with Gasteiger partial charge in [0.05, 0.1) is 10.9 Å². The first kappa shape index (κ1) is 15.5. The van der Waals surface area contributed by atoms with Crippen LogP contribution in [0, 0.1) is 6.92 Å². The molecule has 22 heavy (non-hydrogen) atoms. The van der Waals surface area contributed by atoms with Crippen LogP contribution in [0.4, 0.5) is 0 Å². The van der Waals surface area contributed by atoms with Gasteiger partial charge in [0, 0.05) is 29.8 Å². The molecule has 3 heterocycles. The Morgan fingerprint density at radius 1 is 1.59 bits per heavy atom.